The fourth-order valence-corrected chi connectivity index (χ4v) is 3.52. The topological polar surface area (TPSA) is 69.9 Å². The molecule has 1 aliphatic rings. The standard InChI is InChI=1S/C17H15IN4O2/c18-17-12(9-22(21-17)16-3-1-2-6-24-16)13-4-5-14-15(20-13)7-11(10-23)8-19-14/h4-5,7-10,16H,1-3,6H2. The molecule has 0 radical (unpaired) electrons. The lowest BCUT2D eigenvalue weighted by Gasteiger charge is -2.22. The second-order valence-corrected chi connectivity index (χ2v) is 6.78. The van der Waals surface area contributed by atoms with Crippen molar-refractivity contribution in [1.29, 1.82) is 0 Å². The molecule has 0 saturated carbocycles. The molecule has 3 aromatic rings. The van der Waals surface area contributed by atoms with Crippen molar-refractivity contribution in [3.63, 3.8) is 0 Å². The molecule has 0 bridgehead atoms. The van der Waals surface area contributed by atoms with E-state index in [0.29, 0.717) is 11.1 Å². The van der Waals surface area contributed by atoms with E-state index in [2.05, 4.69) is 37.7 Å². The Hall–Kier alpha value is -1.87. The zero-order valence-electron chi connectivity index (χ0n) is 12.9. The Balaban J connectivity index is 1.73. The minimum absolute atomic E-state index is 0.00445. The molecule has 0 spiro atoms. The lowest BCUT2D eigenvalue weighted by molar-refractivity contribution is -0.0396. The van der Waals surface area contributed by atoms with E-state index in [1.165, 1.54) is 0 Å². The van der Waals surface area contributed by atoms with E-state index in [0.717, 1.165) is 52.6 Å². The summed E-state index contributed by atoms with van der Waals surface area (Å²) in [5.74, 6) is 0. The minimum atomic E-state index is 0.00445. The van der Waals surface area contributed by atoms with Gasteiger partial charge in [0.15, 0.2) is 6.29 Å². The molecule has 1 saturated heterocycles. The smallest absolute Gasteiger partial charge is 0.151 e. The van der Waals surface area contributed by atoms with E-state index in [1.807, 2.05) is 23.0 Å². The molecule has 3 aromatic heterocycles. The van der Waals surface area contributed by atoms with Crippen LogP contribution in [0.2, 0.25) is 0 Å². The third-order valence-corrected chi connectivity index (χ3v) is 4.90. The number of halogens is 1. The maximum atomic E-state index is 10.9. The Labute approximate surface area is 152 Å². The Morgan fingerprint density at radius 2 is 2.21 bits per heavy atom. The van der Waals surface area contributed by atoms with Crippen LogP contribution >= 0.6 is 22.6 Å². The predicted molar refractivity (Wildman–Crippen MR) is 97.7 cm³/mol. The van der Waals surface area contributed by atoms with E-state index in [-0.39, 0.29) is 6.23 Å². The van der Waals surface area contributed by atoms with Crippen LogP contribution in [0.1, 0.15) is 35.8 Å². The Morgan fingerprint density at radius 1 is 1.29 bits per heavy atom. The lowest BCUT2D eigenvalue weighted by atomic mass is 10.2. The molecule has 0 amide bonds. The number of ether oxygens (including phenoxy) is 1. The van der Waals surface area contributed by atoms with E-state index in [9.17, 15) is 4.79 Å². The molecular formula is C17H15IN4O2. The molecule has 0 N–H and O–H groups in total. The highest BCUT2D eigenvalue weighted by Crippen LogP contribution is 2.28. The highest BCUT2D eigenvalue weighted by molar-refractivity contribution is 14.1. The van der Waals surface area contributed by atoms with E-state index < -0.39 is 0 Å². The van der Waals surface area contributed by atoms with Gasteiger partial charge in [0, 0.05) is 24.6 Å². The summed E-state index contributed by atoms with van der Waals surface area (Å²) in [5, 5.41) is 4.59. The lowest BCUT2D eigenvalue weighted by Crippen LogP contribution is -2.18. The van der Waals surface area contributed by atoms with Gasteiger partial charge in [-0.25, -0.2) is 9.67 Å². The fraction of sp³-hybridized carbons (Fsp3) is 0.294. The molecule has 1 atom stereocenters. The number of carbonyl (C=O) groups is 1. The van der Waals surface area contributed by atoms with Crippen LogP contribution in [0.3, 0.4) is 0 Å². The number of carbonyl (C=O) groups excluding carboxylic acids is 1. The zero-order chi connectivity index (χ0) is 16.5. The normalized spacial score (nSPS) is 18.0. The second-order valence-electron chi connectivity index (χ2n) is 5.76. The summed E-state index contributed by atoms with van der Waals surface area (Å²) in [6.07, 6.45) is 7.58. The Morgan fingerprint density at radius 3 is 3.00 bits per heavy atom. The molecule has 4 heterocycles. The Bertz CT molecular complexity index is 903. The van der Waals surface area contributed by atoms with Crippen LogP contribution in [0.25, 0.3) is 22.3 Å². The zero-order valence-corrected chi connectivity index (χ0v) is 15.0. The number of aldehydes is 1. The first-order valence-corrected chi connectivity index (χ1v) is 8.91. The Kier molecular flexibility index (Phi) is 4.28. The van der Waals surface area contributed by atoms with Crippen LogP contribution in [0.15, 0.2) is 30.6 Å². The highest BCUT2D eigenvalue weighted by Gasteiger charge is 2.19. The minimum Gasteiger partial charge on any atom is -0.357 e. The van der Waals surface area contributed by atoms with Gasteiger partial charge in [0.25, 0.3) is 0 Å². The molecule has 122 valence electrons. The monoisotopic (exact) mass is 434 g/mol. The fourth-order valence-electron chi connectivity index (χ4n) is 2.86. The van der Waals surface area contributed by atoms with Crippen LogP contribution in [0.5, 0.6) is 0 Å². The van der Waals surface area contributed by atoms with Gasteiger partial charge in [-0.05, 0) is 60.1 Å². The van der Waals surface area contributed by atoms with Gasteiger partial charge >= 0.3 is 0 Å². The van der Waals surface area contributed by atoms with Crippen molar-refractivity contribution >= 4 is 39.9 Å². The van der Waals surface area contributed by atoms with E-state index in [1.54, 1.807) is 12.3 Å². The van der Waals surface area contributed by atoms with Crippen LogP contribution in [0, 0.1) is 3.70 Å². The third kappa shape index (κ3) is 2.93. The number of nitrogens with zero attached hydrogens (tertiary/aromatic N) is 4. The van der Waals surface area contributed by atoms with Crippen molar-refractivity contribution in [1.82, 2.24) is 19.7 Å². The average Bonchev–Trinajstić information content (AvgIpc) is 3.03. The molecule has 0 aromatic carbocycles. The predicted octanol–water partition coefficient (Wildman–Crippen LogP) is 3.61. The summed E-state index contributed by atoms with van der Waals surface area (Å²) in [6.45, 7) is 0.783. The second kappa shape index (κ2) is 6.56. The SMILES string of the molecule is O=Cc1cnc2ccc(-c3cn(C4CCCCO4)nc3I)nc2c1. The third-order valence-electron chi connectivity index (χ3n) is 4.11. The molecule has 1 aliphatic heterocycles. The van der Waals surface area contributed by atoms with Crippen LogP contribution in [-0.4, -0.2) is 32.6 Å². The van der Waals surface area contributed by atoms with E-state index >= 15 is 0 Å². The summed E-state index contributed by atoms with van der Waals surface area (Å²) in [4.78, 5) is 19.8. The number of pyridine rings is 2. The van der Waals surface area contributed by atoms with Gasteiger partial charge < -0.3 is 4.74 Å². The summed E-state index contributed by atoms with van der Waals surface area (Å²) in [6, 6.07) is 5.60. The summed E-state index contributed by atoms with van der Waals surface area (Å²) < 4.78 is 8.57. The van der Waals surface area contributed by atoms with Gasteiger partial charge in [-0.1, -0.05) is 0 Å². The average molecular weight is 434 g/mol. The van der Waals surface area contributed by atoms with Crippen molar-refractivity contribution in [3.05, 3.63) is 39.9 Å². The number of rotatable bonds is 3. The van der Waals surface area contributed by atoms with Gasteiger partial charge in [0.05, 0.1) is 22.3 Å². The van der Waals surface area contributed by atoms with Crippen molar-refractivity contribution in [3.8, 4) is 11.3 Å². The van der Waals surface area contributed by atoms with Crippen LogP contribution < -0.4 is 0 Å². The van der Waals surface area contributed by atoms with Crippen molar-refractivity contribution in [2.24, 2.45) is 0 Å². The van der Waals surface area contributed by atoms with Crippen molar-refractivity contribution < 1.29 is 9.53 Å². The van der Waals surface area contributed by atoms with Gasteiger partial charge in [0.1, 0.15) is 9.93 Å². The summed E-state index contributed by atoms with van der Waals surface area (Å²) in [5.41, 5.74) is 3.77. The van der Waals surface area contributed by atoms with Gasteiger partial charge in [-0.15, -0.1) is 0 Å². The number of hydrogen-bond donors (Lipinski definition) is 0. The largest absolute Gasteiger partial charge is 0.357 e. The molecular weight excluding hydrogens is 419 g/mol. The highest BCUT2D eigenvalue weighted by atomic mass is 127. The molecule has 0 aliphatic carbocycles. The van der Waals surface area contributed by atoms with Crippen LogP contribution in [0.4, 0.5) is 0 Å². The molecule has 7 heteroatoms. The summed E-state index contributed by atoms with van der Waals surface area (Å²) >= 11 is 2.22. The van der Waals surface area contributed by atoms with Crippen molar-refractivity contribution in [2.75, 3.05) is 6.61 Å². The van der Waals surface area contributed by atoms with Gasteiger partial charge in [-0.2, -0.15) is 5.10 Å². The summed E-state index contributed by atoms with van der Waals surface area (Å²) in [7, 11) is 0. The first-order chi connectivity index (χ1) is 11.7. The molecule has 6 nitrogen and oxygen atoms in total. The number of aromatic nitrogens is 4. The molecule has 24 heavy (non-hydrogen) atoms. The molecule has 1 unspecified atom stereocenters. The number of hydrogen-bond acceptors (Lipinski definition) is 5. The van der Waals surface area contributed by atoms with Gasteiger partial charge in [0.2, 0.25) is 0 Å². The molecule has 4 rings (SSSR count). The molecule has 1 fully saturated rings. The first kappa shape index (κ1) is 15.6. The van der Waals surface area contributed by atoms with Crippen molar-refractivity contribution in [2.45, 2.75) is 25.5 Å². The van der Waals surface area contributed by atoms with Gasteiger partial charge in [-0.3, -0.25) is 9.78 Å². The maximum Gasteiger partial charge on any atom is 0.151 e. The van der Waals surface area contributed by atoms with E-state index in [4.69, 9.17) is 4.74 Å². The van der Waals surface area contributed by atoms with Crippen LogP contribution in [-0.2, 0) is 4.74 Å². The maximum absolute atomic E-state index is 10.9. The number of fused-ring (bicyclic) bond motifs is 1. The quantitative estimate of drug-likeness (QED) is 0.466. The first-order valence-electron chi connectivity index (χ1n) is 7.83.